The first-order valence-corrected chi connectivity index (χ1v) is 7.81. The average Bonchev–Trinajstić information content (AvgIpc) is 3.01. The number of aromatic amines is 1. The van der Waals surface area contributed by atoms with Gasteiger partial charge in [-0.05, 0) is 17.7 Å². The normalized spacial score (nSPS) is 30.4. The number of benzene rings is 1. The number of aliphatic hydroxyl groups excluding tert-OH is 3. The van der Waals surface area contributed by atoms with Crippen molar-refractivity contribution >= 4 is 16.8 Å². The van der Waals surface area contributed by atoms with Gasteiger partial charge in [0.1, 0.15) is 18.3 Å². The van der Waals surface area contributed by atoms with Crippen LogP contribution < -0.4 is 5.32 Å². The molecule has 24 heavy (non-hydrogen) atoms. The molecule has 5 N–H and O–H groups in total. The molecule has 2 heterocycles. The molecule has 130 valence electrons. The Labute approximate surface area is 138 Å². The van der Waals surface area contributed by atoms with Crippen molar-refractivity contribution in [1.29, 1.82) is 0 Å². The van der Waals surface area contributed by atoms with Crippen LogP contribution in [0.3, 0.4) is 0 Å². The highest BCUT2D eigenvalue weighted by Crippen LogP contribution is 2.25. The molecular weight excluding hydrogens is 314 g/mol. The molecule has 3 rings (SSSR count). The van der Waals surface area contributed by atoms with Gasteiger partial charge in [0, 0.05) is 18.7 Å². The summed E-state index contributed by atoms with van der Waals surface area (Å²) in [6.07, 6.45) is -1.84. The third-order valence-electron chi connectivity index (χ3n) is 4.34. The molecule has 1 fully saturated rings. The molecule has 1 aromatic heterocycles. The van der Waals surface area contributed by atoms with Crippen LogP contribution in [0, 0.1) is 0 Å². The molecule has 1 aromatic carbocycles. The SMILES string of the molecule is CC(=O)N[C@@H]1C(Cc2ccc3[nH]ncc3c2)OC(CO)C(O)C1O. The smallest absolute Gasteiger partial charge is 0.217 e. The Morgan fingerprint density at radius 2 is 2.12 bits per heavy atom. The van der Waals surface area contributed by atoms with Gasteiger partial charge < -0.3 is 25.4 Å². The fraction of sp³-hybridized carbons (Fsp3) is 0.500. The molecule has 1 aliphatic rings. The number of carbonyl (C=O) groups is 1. The van der Waals surface area contributed by atoms with E-state index in [2.05, 4.69) is 15.5 Å². The predicted octanol–water partition coefficient (Wildman–Crippen LogP) is -0.908. The maximum atomic E-state index is 11.4. The van der Waals surface area contributed by atoms with Crippen molar-refractivity contribution in [3.8, 4) is 0 Å². The van der Waals surface area contributed by atoms with Gasteiger partial charge in [-0.2, -0.15) is 5.10 Å². The number of amides is 1. The average molecular weight is 335 g/mol. The molecule has 1 amide bonds. The van der Waals surface area contributed by atoms with Crippen molar-refractivity contribution in [3.05, 3.63) is 30.0 Å². The molecule has 8 heteroatoms. The van der Waals surface area contributed by atoms with E-state index in [-0.39, 0.29) is 5.91 Å². The zero-order valence-electron chi connectivity index (χ0n) is 13.2. The molecule has 1 aliphatic heterocycles. The topological polar surface area (TPSA) is 128 Å². The molecule has 0 saturated carbocycles. The lowest BCUT2D eigenvalue weighted by Crippen LogP contribution is -2.64. The van der Waals surface area contributed by atoms with Crippen LogP contribution in [-0.4, -0.2) is 68.5 Å². The Balaban J connectivity index is 1.84. The number of hydrogen-bond donors (Lipinski definition) is 5. The van der Waals surface area contributed by atoms with Gasteiger partial charge >= 0.3 is 0 Å². The zero-order chi connectivity index (χ0) is 17.3. The van der Waals surface area contributed by atoms with E-state index < -0.39 is 37.1 Å². The Hall–Kier alpha value is -2.00. The fourth-order valence-electron chi connectivity index (χ4n) is 3.13. The Morgan fingerprint density at radius 3 is 2.83 bits per heavy atom. The third kappa shape index (κ3) is 3.27. The Bertz CT molecular complexity index is 719. The third-order valence-corrected chi connectivity index (χ3v) is 4.34. The number of hydrogen-bond acceptors (Lipinski definition) is 6. The van der Waals surface area contributed by atoms with Crippen molar-refractivity contribution in [2.45, 2.75) is 43.8 Å². The first kappa shape index (κ1) is 16.8. The lowest BCUT2D eigenvalue weighted by atomic mass is 9.89. The Morgan fingerprint density at radius 1 is 1.33 bits per heavy atom. The van der Waals surface area contributed by atoms with Gasteiger partial charge in [0.2, 0.25) is 5.91 Å². The van der Waals surface area contributed by atoms with Crippen LogP contribution in [0.5, 0.6) is 0 Å². The van der Waals surface area contributed by atoms with Gasteiger partial charge in [0.15, 0.2) is 0 Å². The summed E-state index contributed by atoms with van der Waals surface area (Å²) < 4.78 is 5.73. The van der Waals surface area contributed by atoms with Gasteiger partial charge in [0.25, 0.3) is 0 Å². The van der Waals surface area contributed by atoms with Gasteiger partial charge in [0.05, 0.1) is 30.5 Å². The summed E-state index contributed by atoms with van der Waals surface area (Å²) in [5, 5.41) is 40.1. The highest BCUT2D eigenvalue weighted by molar-refractivity contribution is 5.78. The highest BCUT2D eigenvalue weighted by atomic mass is 16.5. The number of rotatable bonds is 4. The molecule has 2 aromatic rings. The molecule has 0 spiro atoms. The molecule has 0 aliphatic carbocycles. The summed E-state index contributed by atoms with van der Waals surface area (Å²) in [5.41, 5.74) is 1.84. The number of aromatic nitrogens is 2. The molecule has 8 nitrogen and oxygen atoms in total. The highest BCUT2D eigenvalue weighted by Gasteiger charge is 2.44. The van der Waals surface area contributed by atoms with E-state index in [1.807, 2.05) is 18.2 Å². The van der Waals surface area contributed by atoms with Crippen LogP contribution in [-0.2, 0) is 16.0 Å². The number of nitrogens with zero attached hydrogens (tertiary/aromatic N) is 1. The van der Waals surface area contributed by atoms with E-state index in [1.165, 1.54) is 6.92 Å². The van der Waals surface area contributed by atoms with Crippen LogP contribution in [0.15, 0.2) is 24.4 Å². The first-order chi connectivity index (χ1) is 11.5. The van der Waals surface area contributed by atoms with E-state index in [0.29, 0.717) is 6.42 Å². The molecule has 1 saturated heterocycles. The van der Waals surface area contributed by atoms with E-state index in [9.17, 15) is 20.1 Å². The standard InChI is InChI=1S/C16H21N3O5/c1-8(21)18-14-12(24-13(7-20)15(22)16(14)23)5-9-2-3-11-10(4-9)6-17-19-11/h2-4,6,12-16,20,22-23H,5,7H2,1H3,(H,17,19)(H,18,21)/t12?,13?,14-,15?,16?/m1/s1. The number of aliphatic hydroxyl groups is 3. The number of fused-ring (bicyclic) bond motifs is 1. The van der Waals surface area contributed by atoms with Crippen molar-refractivity contribution in [2.75, 3.05) is 6.61 Å². The number of nitrogens with one attached hydrogen (secondary N) is 2. The summed E-state index contributed by atoms with van der Waals surface area (Å²) in [5.74, 6) is -0.326. The van der Waals surface area contributed by atoms with Gasteiger partial charge in [-0.25, -0.2) is 0 Å². The summed E-state index contributed by atoms with van der Waals surface area (Å²) >= 11 is 0. The van der Waals surface area contributed by atoms with E-state index in [1.54, 1.807) is 6.20 Å². The summed E-state index contributed by atoms with van der Waals surface area (Å²) in [6.45, 7) is 0.925. The van der Waals surface area contributed by atoms with Gasteiger partial charge in [-0.15, -0.1) is 0 Å². The monoisotopic (exact) mass is 335 g/mol. The van der Waals surface area contributed by atoms with E-state index in [0.717, 1.165) is 16.5 Å². The van der Waals surface area contributed by atoms with E-state index in [4.69, 9.17) is 4.74 Å². The summed E-state index contributed by atoms with van der Waals surface area (Å²) in [6, 6.07) is 4.97. The minimum atomic E-state index is -1.26. The van der Waals surface area contributed by atoms with Crippen molar-refractivity contribution < 1.29 is 24.9 Å². The minimum absolute atomic E-state index is 0.326. The molecule has 0 radical (unpaired) electrons. The van der Waals surface area contributed by atoms with Crippen molar-refractivity contribution in [1.82, 2.24) is 15.5 Å². The largest absolute Gasteiger partial charge is 0.394 e. The lowest BCUT2D eigenvalue weighted by Gasteiger charge is -2.42. The first-order valence-electron chi connectivity index (χ1n) is 7.81. The molecule has 0 bridgehead atoms. The van der Waals surface area contributed by atoms with Crippen molar-refractivity contribution in [3.63, 3.8) is 0 Å². The second-order valence-corrected chi connectivity index (χ2v) is 6.10. The predicted molar refractivity (Wildman–Crippen MR) is 85.2 cm³/mol. The van der Waals surface area contributed by atoms with Crippen LogP contribution in [0.1, 0.15) is 12.5 Å². The second kappa shape index (κ2) is 6.86. The minimum Gasteiger partial charge on any atom is -0.394 e. The van der Waals surface area contributed by atoms with Gasteiger partial charge in [-0.3, -0.25) is 9.89 Å². The maximum Gasteiger partial charge on any atom is 0.217 e. The molecular formula is C16H21N3O5. The number of ether oxygens (including phenoxy) is 1. The van der Waals surface area contributed by atoms with Crippen molar-refractivity contribution in [2.24, 2.45) is 0 Å². The Kier molecular flexibility index (Phi) is 4.81. The lowest BCUT2D eigenvalue weighted by molar-refractivity contribution is -0.194. The number of carbonyl (C=O) groups excluding carboxylic acids is 1. The summed E-state index contributed by atoms with van der Waals surface area (Å²) in [4.78, 5) is 11.4. The van der Waals surface area contributed by atoms with Gasteiger partial charge in [-0.1, -0.05) is 6.07 Å². The maximum absolute atomic E-state index is 11.4. The zero-order valence-corrected chi connectivity index (χ0v) is 13.2. The molecule has 4 unspecified atom stereocenters. The fourth-order valence-corrected chi connectivity index (χ4v) is 3.13. The van der Waals surface area contributed by atoms with Crippen LogP contribution in [0.4, 0.5) is 0 Å². The van der Waals surface area contributed by atoms with Crippen LogP contribution >= 0.6 is 0 Å². The number of H-pyrrole nitrogens is 1. The summed E-state index contributed by atoms with van der Waals surface area (Å²) in [7, 11) is 0. The quantitative estimate of drug-likeness (QED) is 0.492. The molecule has 5 atom stereocenters. The second-order valence-electron chi connectivity index (χ2n) is 6.10. The van der Waals surface area contributed by atoms with Crippen LogP contribution in [0.25, 0.3) is 10.9 Å². The van der Waals surface area contributed by atoms with E-state index >= 15 is 0 Å². The van der Waals surface area contributed by atoms with Crippen LogP contribution in [0.2, 0.25) is 0 Å².